The summed E-state index contributed by atoms with van der Waals surface area (Å²) in [4.78, 5) is 4.58. The number of ether oxygens (including phenoxy) is 5. The second-order valence-electron chi connectivity index (χ2n) is 11.4. The van der Waals surface area contributed by atoms with Crippen LogP contribution >= 0.6 is 0 Å². The van der Waals surface area contributed by atoms with Gasteiger partial charge in [-0.15, -0.1) is 0 Å². The van der Waals surface area contributed by atoms with E-state index in [1.54, 1.807) is 6.07 Å². The van der Waals surface area contributed by atoms with Gasteiger partial charge in [0.25, 0.3) is 0 Å². The van der Waals surface area contributed by atoms with E-state index in [9.17, 15) is 40.9 Å². The van der Waals surface area contributed by atoms with Crippen molar-refractivity contribution in [1.29, 1.82) is 0 Å². The third-order valence-electron chi connectivity index (χ3n) is 8.46. The van der Waals surface area contributed by atoms with E-state index in [4.69, 9.17) is 35.2 Å². The highest BCUT2D eigenvalue weighted by Gasteiger charge is 2.53. The van der Waals surface area contributed by atoms with Gasteiger partial charge in [0.05, 0.1) is 31.9 Å². The molecule has 0 aliphatic carbocycles. The van der Waals surface area contributed by atoms with Crippen molar-refractivity contribution in [2.75, 3.05) is 19.8 Å². The average Bonchev–Trinajstić information content (AvgIpc) is 3.05. The van der Waals surface area contributed by atoms with Crippen LogP contribution in [0.2, 0.25) is 0 Å². The molecule has 2 aromatic carbocycles. The Kier molecular flexibility index (Phi) is 11.1. The zero-order valence-corrected chi connectivity index (χ0v) is 24.1. The molecule has 3 aliphatic heterocycles. The van der Waals surface area contributed by atoms with Crippen LogP contribution < -0.4 is 11.5 Å². The van der Waals surface area contributed by atoms with E-state index >= 15 is 0 Å². The van der Waals surface area contributed by atoms with Gasteiger partial charge in [0, 0.05) is 11.8 Å². The van der Waals surface area contributed by atoms with Gasteiger partial charge in [0.1, 0.15) is 61.0 Å². The van der Waals surface area contributed by atoms with E-state index in [2.05, 4.69) is 4.99 Å². The molecule has 5 rings (SSSR count). The van der Waals surface area contributed by atoms with Crippen LogP contribution in [0.25, 0.3) is 10.8 Å². The molecule has 0 amide bonds. The van der Waals surface area contributed by atoms with Crippen molar-refractivity contribution < 1.29 is 64.5 Å². The lowest BCUT2D eigenvalue weighted by Crippen LogP contribution is -2.67. The molecule has 3 heterocycles. The van der Waals surface area contributed by atoms with Crippen LogP contribution in [0.1, 0.15) is 5.56 Å². The van der Waals surface area contributed by atoms with E-state index in [1.165, 1.54) is 6.21 Å². The second kappa shape index (κ2) is 14.7. The number of fused-ring (bicyclic) bond motifs is 1. The summed E-state index contributed by atoms with van der Waals surface area (Å²) in [5, 5.41) is 84.6. The van der Waals surface area contributed by atoms with Crippen molar-refractivity contribution in [1.82, 2.24) is 0 Å². The number of hydrogen-bond donors (Lipinski definition) is 10. The van der Waals surface area contributed by atoms with E-state index in [0.717, 1.165) is 10.8 Å². The third-order valence-corrected chi connectivity index (χ3v) is 8.46. The summed E-state index contributed by atoms with van der Waals surface area (Å²) in [5.74, 6) is 0. The van der Waals surface area contributed by atoms with Crippen molar-refractivity contribution in [3.05, 3.63) is 48.0 Å². The molecular formula is C29H41N3O13. The first kappa shape index (κ1) is 34.1. The van der Waals surface area contributed by atoms with Crippen LogP contribution in [-0.2, 0) is 23.7 Å². The number of nitrogens with zero attached hydrogens (tertiary/aromatic N) is 1. The molecule has 16 nitrogen and oxygen atoms in total. The lowest BCUT2D eigenvalue weighted by atomic mass is 9.94. The third kappa shape index (κ3) is 6.91. The molecule has 15 atom stereocenters. The fourth-order valence-corrected chi connectivity index (χ4v) is 5.83. The zero-order chi connectivity index (χ0) is 32.4. The Morgan fingerprint density at radius 3 is 1.98 bits per heavy atom. The van der Waals surface area contributed by atoms with E-state index in [-0.39, 0.29) is 0 Å². The lowest BCUT2D eigenvalue weighted by molar-refractivity contribution is -0.347. The van der Waals surface area contributed by atoms with Crippen LogP contribution in [0.4, 0.5) is 0 Å². The first-order valence-electron chi connectivity index (χ1n) is 14.6. The van der Waals surface area contributed by atoms with Crippen LogP contribution in [0, 0.1) is 0 Å². The highest BCUT2D eigenvalue weighted by Crippen LogP contribution is 2.33. The molecule has 12 N–H and O–H groups in total. The predicted octanol–water partition coefficient (Wildman–Crippen LogP) is -4.36. The standard InChI is InChI=1S/C29H41N3O13/c30-18-23(38)25(16(10-34)41-27(18)40)45-29-20(32-8-13-6-3-5-12-4-1-2-7-14(12)13)24(39)26(17(11-35)43-29)44-28-19(31)22(37)21(36)15(9-33)42-28/h1-8,15-29,33-40H,9-11,30-31H2/t15-,16-,17-,18-,19-,20-,21-,22-,23-,24-,25?,26?,27-,28+,29+/m1/s1. The van der Waals surface area contributed by atoms with Crippen LogP contribution in [-0.4, -0.2) is 159 Å². The number of benzene rings is 2. The molecule has 3 saturated heterocycles. The highest BCUT2D eigenvalue weighted by atomic mass is 16.7. The van der Waals surface area contributed by atoms with Gasteiger partial charge in [-0.05, 0) is 10.8 Å². The Morgan fingerprint density at radius 1 is 0.667 bits per heavy atom. The van der Waals surface area contributed by atoms with Crippen LogP contribution in [0.15, 0.2) is 47.5 Å². The maximum Gasteiger partial charge on any atom is 0.183 e. The first-order chi connectivity index (χ1) is 21.6. The minimum absolute atomic E-state index is 0.666. The maximum absolute atomic E-state index is 11.7. The molecule has 3 fully saturated rings. The fraction of sp³-hybridized carbons (Fsp3) is 0.621. The number of aliphatic hydroxyl groups is 8. The minimum atomic E-state index is -1.60. The topological polar surface area (TPSA) is 272 Å². The normalized spacial score (nSPS) is 42.8. The van der Waals surface area contributed by atoms with Gasteiger partial charge in [-0.25, -0.2) is 0 Å². The summed E-state index contributed by atoms with van der Waals surface area (Å²) in [6.45, 7) is -2.05. The summed E-state index contributed by atoms with van der Waals surface area (Å²) < 4.78 is 28.8. The van der Waals surface area contributed by atoms with Crippen LogP contribution in [0.5, 0.6) is 0 Å². The van der Waals surface area contributed by atoms with E-state index < -0.39 is 112 Å². The summed E-state index contributed by atoms with van der Waals surface area (Å²) in [7, 11) is 0. The molecular weight excluding hydrogens is 598 g/mol. The van der Waals surface area contributed by atoms with Crippen molar-refractivity contribution in [3.8, 4) is 0 Å². The Morgan fingerprint density at radius 2 is 1.27 bits per heavy atom. The SMILES string of the molecule is N[C@H]1[C@H](OC2[C@@H](CO)O[C@@H](OC3[C@@H](CO)O[C@@H](O)[C@H](N)[C@H]3O)[C@H](N=Cc3cccc4ccccc34)[C@H]2O)O[C@H](CO)[C@@H](O)[C@@H]1O. The Hall–Kier alpha value is -2.23. The molecule has 2 aromatic rings. The number of hydrogen-bond acceptors (Lipinski definition) is 16. The molecule has 16 heteroatoms. The maximum atomic E-state index is 11.7. The molecule has 0 aromatic heterocycles. The average molecular weight is 640 g/mol. The van der Waals surface area contributed by atoms with Crippen molar-refractivity contribution in [3.63, 3.8) is 0 Å². The van der Waals surface area contributed by atoms with Crippen molar-refractivity contribution in [2.45, 2.75) is 91.9 Å². The monoisotopic (exact) mass is 639 g/mol. The zero-order valence-electron chi connectivity index (χ0n) is 24.1. The molecule has 3 aliphatic rings. The predicted molar refractivity (Wildman–Crippen MR) is 155 cm³/mol. The first-order valence-corrected chi connectivity index (χ1v) is 14.6. The smallest absolute Gasteiger partial charge is 0.183 e. The largest absolute Gasteiger partial charge is 0.394 e. The second-order valence-corrected chi connectivity index (χ2v) is 11.4. The van der Waals surface area contributed by atoms with Crippen molar-refractivity contribution in [2.24, 2.45) is 16.5 Å². The Bertz CT molecular complexity index is 1280. The van der Waals surface area contributed by atoms with E-state index in [0.29, 0.717) is 5.56 Å². The molecule has 45 heavy (non-hydrogen) atoms. The van der Waals surface area contributed by atoms with Gasteiger partial charge in [0.2, 0.25) is 0 Å². The molecule has 250 valence electrons. The molecule has 0 bridgehead atoms. The van der Waals surface area contributed by atoms with Gasteiger partial charge in [-0.1, -0.05) is 42.5 Å². The summed E-state index contributed by atoms with van der Waals surface area (Å²) in [6.07, 6.45) is -15.8. The summed E-state index contributed by atoms with van der Waals surface area (Å²) >= 11 is 0. The highest BCUT2D eigenvalue weighted by molar-refractivity contribution is 5.99. The Labute approximate surface area is 258 Å². The fourth-order valence-electron chi connectivity index (χ4n) is 5.83. The van der Waals surface area contributed by atoms with Crippen LogP contribution in [0.3, 0.4) is 0 Å². The number of aliphatic imine (C=N–C) groups is 1. The van der Waals surface area contributed by atoms with Gasteiger partial charge in [-0.2, -0.15) is 0 Å². The number of nitrogens with two attached hydrogens (primary N) is 2. The van der Waals surface area contributed by atoms with Gasteiger partial charge in [-0.3, -0.25) is 4.99 Å². The molecule has 0 radical (unpaired) electrons. The molecule has 2 unspecified atom stereocenters. The van der Waals surface area contributed by atoms with Gasteiger partial charge < -0.3 is 76.0 Å². The summed E-state index contributed by atoms with van der Waals surface area (Å²) in [6, 6.07) is 9.17. The molecule has 0 saturated carbocycles. The minimum Gasteiger partial charge on any atom is -0.394 e. The molecule has 0 spiro atoms. The number of rotatable bonds is 9. The van der Waals surface area contributed by atoms with E-state index in [1.807, 2.05) is 36.4 Å². The summed E-state index contributed by atoms with van der Waals surface area (Å²) in [5.41, 5.74) is 12.6. The van der Waals surface area contributed by atoms with Crippen molar-refractivity contribution >= 4 is 17.0 Å². The quantitative estimate of drug-likeness (QED) is 0.116. The van der Waals surface area contributed by atoms with Gasteiger partial charge in [0.15, 0.2) is 18.9 Å². The lowest BCUT2D eigenvalue weighted by Gasteiger charge is -2.48. The number of aliphatic hydroxyl groups excluding tert-OH is 8. The Balaban J connectivity index is 1.47. The van der Waals surface area contributed by atoms with Gasteiger partial charge >= 0.3 is 0 Å².